The topological polar surface area (TPSA) is 52.8 Å². The first-order valence-corrected chi connectivity index (χ1v) is 6.35. The van der Waals surface area contributed by atoms with Gasteiger partial charge in [0.15, 0.2) is 5.69 Å². The van der Waals surface area contributed by atoms with Crippen LogP contribution in [0.5, 0.6) is 0 Å². The second-order valence-electron chi connectivity index (χ2n) is 3.39. The average Bonchev–Trinajstić information content (AvgIpc) is 2.82. The Morgan fingerprint density at radius 1 is 1.56 bits per heavy atom. The van der Waals surface area contributed by atoms with E-state index in [0.717, 1.165) is 6.20 Å². The van der Waals surface area contributed by atoms with E-state index in [-0.39, 0.29) is 5.69 Å². The first-order valence-electron chi connectivity index (χ1n) is 5.14. The quantitative estimate of drug-likeness (QED) is 0.878. The monoisotopic (exact) mass is 280 g/mol. The van der Waals surface area contributed by atoms with Crippen molar-refractivity contribution in [3.8, 4) is 16.6 Å². The van der Waals surface area contributed by atoms with Crippen molar-refractivity contribution < 1.29 is 4.39 Å². The van der Waals surface area contributed by atoms with Crippen molar-refractivity contribution in [2.45, 2.75) is 6.92 Å². The third-order valence-corrected chi connectivity index (χ3v) is 3.95. The van der Waals surface area contributed by atoms with Crippen LogP contribution in [0.3, 0.4) is 0 Å². The van der Waals surface area contributed by atoms with Gasteiger partial charge in [0.1, 0.15) is 21.9 Å². The van der Waals surface area contributed by atoms with Crippen molar-refractivity contribution in [3.05, 3.63) is 30.0 Å². The number of thiol groups is 1. The van der Waals surface area contributed by atoms with Crippen molar-refractivity contribution >= 4 is 29.2 Å². The third kappa shape index (κ3) is 2.44. The number of hydrogen-bond acceptors (Lipinski definition) is 6. The van der Waals surface area contributed by atoms with Gasteiger partial charge in [-0.2, -0.15) is 5.26 Å². The summed E-state index contributed by atoms with van der Waals surface area (Å²) < 4.78 is 14.7. The molecule has 92 valence electrons. The molecular weight excluding hydrogens is 271 g/mol. The van der Waals surface area contributed by atoms with E-state index in [1.54, 1.807) is 4.31 Å². The van der Waals surface area contributed by atoms with Crippen molar-refractivity contribution in [1.82, 2.24) is 9.97 Å². The molecule has 0 saturated carbocycles. The van der Waals surface area contributed by atoms with Gasteiger partial charge >= 0.3 is 0 Å². The van der Waals surface area contributed by atoms with Gasteiger partial charge in [-0.15, -0.1) is 0 Å². The van der Waals surface area contributed by atoms with Gasteiger partial charge in [-0.1, -0.05) is 24.2 Å². The lowest BCUT2D eigenvalue weighted by Crippen LogP contribution is -2.08. The van der Waals surface area contributed by atoms with Crippen LogP contribution in [-0.2, 0) is 0 Å². The molecule has 0 aliphatic carbocycles. The summed E-state index contributed by atoms with van der Waals surface area (Å²) in [5.41, 5.74) is 0.844. The number of halogens is 1. The van der Waals surface area contributed by atoms with Crippen LogP contribution in [0.4, 0.5) is 9.39 Å². The van der Waals surface area contributed by atoms with Gasteiger partial charge in [0.25, 0.3) is 0 Å². The number of nitrogens with zero attached hydrogens (tertiary/aromatic N) is 4. The Hall–Kier alpha value is -1.65. The van der Waals surface area contributed by atoms with Gasteiger partial charge in [-0.25, -0.2) is 9.37 Å². The summed E-state index contributed by atoms with van der Waals surface area (Å²) in [5, 5.41) is 10.2. The lowest BCUT2D eigenvalue weighted by Gasteiger charge is -2.10. The molecule has 0 bridgehead atoms. The van der Waals surface area contributed by atoms with Gasteiger partial charge < -0.3 is 4.31 Å². The number of anilines is 1. The van der Waals surface area contributed by atoms with Crippen molar-refractivity contribution in [1.29, 1.82) is 5.26 Å². The number of thiazole rings is 1. The fourth-order valence-electron chi connectivity index (χ4n) is 1.36. The molecule has 0 aliphatic rings. The first kappa shape index (κ1) is 12.8. The van der Waals surface area contributed by atoms with Crippen LogP contribution in [0.1, 0.15) is 12.6 Å². The molecule has 0 N–H and O–H groups in total. The van der Waals surface area contributed by atoms with E-state index in [2.05, 4.69) is 22.8 Å². The maximum absolute atomic E-state index is 13.1. The molecule has 0 saturated heterocycles. The van der Waals surface area contributed by atoms with E-state index in [1.807, 2.05) is 13.0 Å². The van der Waals surface area contributed by atoms with Crippen molar-refractivity contribution in [2.24, 2.45) is 0 Å². The molecule has 0 fully saturated rings. The van der Waals surface area contributed by atoms with Crippen LogP contribution >= 0.6 is 24.2 Å². The molecule has 2 heterocycles. The average molecular weight is 280 g/mol. The molecule has 0 amide bonds. The minimum atomic E-state index is -0.430. The Labute approximate surface area is 113 Å². The second kappa shape index (κ2) is 5.33. The lowest BCUT2D eigenvalue weighted by molar-refractivity contribution is 0.622. The van der Waals surface area contributed by atoms with E-state index in [0.29, 0.717) is 22.1 Å². The Balaban J connectivity index is 2.48. The molecule has 18 heavy (non-hydrogen) atoms. The number of nitriles is 1. The summed E-state index contributed by atoms with van der Waals surface area (Å²) in [7, 11) is 0. The normalized spacial score (nSPS) is 10.1. The largest absolute Gasteiger partial charge is 0.308 e. The van der Waals surface area contributed by atoms with Crippen LogP contribution in [0.2, 0.25) is 0 Å². The molecule has 0 spiro atoms. The summed E-state index contributed by atoms with van der Waals surface area (Å²) in [5.74, 6) is -0.430. The van der Waals surface area contributed by atoms with Crippen LogP contribution < -0.4 is 4.31 Å². The molecule has 0 atom stereocenters. The molecule has 0 unspecified atom stereocenters. The molecule has 2 aromatic rings. The van der Waals surface area contributed by atoms with Crippen LogP contribution in [0.25, 0.3) is 10.6 Å². The Morgan fingerprint density at radius 3 is 2.94 bits per heavy atom. The van der Waals surface area contributed by atoms with E-state index in [9.17, 15) is 4.39 Å². The number of rotatable bonds is 3. The highest BCUT2D eigenvalue weighted by Crippen LogP contribution is 2.34. The SMILES string of the molecule is CCN(S)c1sc(-c2cncc(F)c2)nc1C#N. The highest BCUT2D eigenvalue weighted by Gasteiger charge is 2.16. The predicted octanol–water partition coefficient (Wildman–Crippen LogP) is 2.89. The summed E-state index contributed by atoms with van der Waals surface area (Å²) in [6.45, 7) is 2.55. The maximum atomic E-state index is 13.1. The number of pyridine rings is 1. The summed E-state index contributed by atoms with van der Waals surface area (Å²) in [6, 6.07) is 3.35. The molecule has 0 radical (unpaired) electrons. The highest BCUT2D eigenvalue weighted by molar-refractivity contribution is 7.82. The molecule has 4 nitrogen and oxygen atoms in total. The third-order valence-electron chi connectivity index (χ3n) is 2.20. The highest BCUT2D eigenvalue weighted by atomic mass is 32.1. The minimum Gasteiger partial charge on any atom is -0.308 e. The smallest absolute Gasteiger partial charge is 0.176 e. The summed E-state index contributed by atoms with van der Waals surface area (Å²) in [6.07, 6.45) is 2.64. The lowest BCUT2D eigenvalue weighted by atomic mass is 10.3. The molecule has 2 rings (SSSR count). The van der Waals surface area contributed by atoms with Gasteiger partial charge in [0, 0.05) is 18.3 Å². The van der Waals surface area contributed by atoms with Crippen molar-refractivity contribution in [2.75, 3.05) is 10.8 Å². The first-order chi connectivity index (χ1) is 8.65. The second-order valence-corrected chi connectivity index (χ2v) is 4.85. The molecule has 0 aromatic carbocycles. The Kier molecular flexibility index (Phi) is 3.79. The Bertz CT molecular complexity index is 605. The van der Waals surface area contributed by atoms with Crippen LogP contribution in [0, 0.1) is 17.1 Å². The van der Waals surface area contributed by atoms with Crippen LogP contribution in [-0.4, -0.2) is 16.5 Å². The van der Waals surface area contributed by atoms with Gasteiger partial charge in [-0.3, -0.25) is 4.98 Å². The molecule has 0 aliphatic heterocycles. The zero-order valence-electron chi connectivity index (χ0n) is 9.46. The molecule has 2 aromatic heterocycles. The van der Waals surface area contributed by atoms with Gasteiger partial charge in [0.2, 0.25) is 0 Å². The molecular formula is C11H9FN4S2. The fraction of sp³-hybridized carbons (Fsp3) is 0.182. The van der Waals surface area contributed by atoms with Crippen molar-refractivity contribution in [3.63, 3.8) is 0 Å². The summed E-state index contributed by atoms with van der Waals surface area (Å²) >= 11 is 5.54. The van der Waals surface area contributed by atoms with E-state index in [1.165, 1.54) is 23.6 Å². The maximum Gasteiger partial charge on any atom is 0.176 e. The predicted molar refractivity (Wildman–Crippen MR) is 72.0 cm³/mol. The zero-order valence-corrected chi connectivity index (χ0v) is 11.2. The molecule has 7 heteroatoms. The number of hydrogen-bond donors (Lipinski definition) is 1. The number of aromatic nitrogens is 2. The van der Waals surface area contributed by atoms with E-state index >= 15 is 0 Å². The minimum absolute atomic E-state index is 0.288. The van der Waals surface area contributed by atoms with Gasteiger partial charge in [-0.05, 0) is 13.0 Å². The van der Waals surface area contributed by atoms with Gasteiger partial charge in [0.05, 0.1) is 6.20 Å². The standard InChI is InChI=1S/C11H9FN4S2/c1-2-16(17)11-9(4-13)15-10(18-11)7-3-8(12)6-14-5-7/h3,5-6,17H,2H2,1H3. The van der Waals surface area contributed by atoms with E-state index in [4.69, 9.17) is 5.26 Å². The zero-order chi connectivity index (χ0) is 13.1. The Morgan fingerprint density at radius 2 is 2.33 bits per heavy atom. The van der Waals surface area contributed by atoms with E-state index < -0.39 is 5.82 Å². The fourth-order valence-corrected chi connectivity index (χ4v) is 2.54. The summed E-state index contributed by atoms with van der Waals surface area (Å²) in [4.78, 5) is 7.94. The van der Waals surface area contributed by atoms with Crippen LogP contribution in [0.15, 0.2) is 18.5 Å².